The molecule has 0 unspecified atom stereocenters. The van der Waals surface area contributed by atoms with E-state index in [0.717, 1.165) is 35.9 Å². The Morgan fingerprint density at radius 2 is 2.00 bits per heavy atom. The zero-order valence-corrected chi connectivity index (χ0v) is 10.7. The van der Waals surface area contributed by atoms with Crippen LogP contribution in [-0.4, -0.2) is 16.1 Å². The standard InChI is InChI=1S/C16H17NO2/c18-16(19)10-4-2-1-3-8-14-12-11-13-7-5-6-9-15(13)17-14/h3,5-9,11-12H,1-2,4,10H2,(H,18,19). The lowest BCUT2D eigenvalue weighted by molar-refractivity contribution is -0.137. The zero-order chi connectivity index (χ0) is 13.5. The number of rotatable bonds is 6. The smallest absolute Gasteiger partial charge is 0.303 e. The first-order valence-corrected chi connectivity index (χ1v) is 6.50. The average molecular weight is 255 g/mol. The number of carbonyl (C=O) groups is 1. The van der Waals surface area contributed by atoms with E-state index in [0.29, 0.717) is 0 Å². The molecule has 1 aromatic heterocycles. The molecule has 0 radical (unpaired) electrons. The number of aromatic nitrogens is 1. The highest BCUT2D eigenvalue weighted by Crippen LogP contribution is 2.13. The van der Waals surface area contributed by atoms with Crippen LogP contribution in [0.15, 0.2) is 42.5 Å². The molecular formula is C16H17NO2. The van der Waals surface area contributed by atoms with Crippen LogP contribution in [0.2, 0.25) is 0 Å². The Balaban J connectivity index is 1.88. The van der Waals surface area contributed by atoms with Crippen molar-refractivity contribution in [2.45, 2.75) is 25.7 Å². The maximum Gasteiger partial charge on any atom is 0.303 e. The minimum atomic E-state index is -0.722. The fourth-order valence-electron chi connectivity index (χ4n) is 1.92. The molecule has 0 amide bonds. The zero-order valence-electron chi connectivity index (χ0n) is 10.7. The number of carboxylic acid groups (broad SMARTS) is 1. The van der Waals surface area contributed by atoms with Crippen molar-refractivity contribution >= 4 is 22.9 Å². The molecule has 1 aromatic carbocycles. The number of pyridine rings is 1. The van der Waals surface area contributed by atoms with E-state index in [9.17, 15) is 4.79 Å². The normalized spacial score (nSPS) is 11.2. The summed E-state index contributed by atoms with van der Waals surface area (Å²) in [5.74, 6) is -0.722. The van der Waals surface area contributed by atoms with E-state index in [4.69, 9.17) is 5.11 Å². The van der Waals surface area contributed by atoms with Crippen LogP contribution in [0.3, 0.4) is 0 Å². The maximum atomic E-state index is 10.3. The van der Waals surface area contributed by atoms with E-state index < -0.39 is 5.97 Å². The van der Waals surface area contributed by atoms with Crippen LogP contribution in [-0.2, 0) is 4.79 Å². The minimum absolute atomic E-state index is 0.252. The lowest BCUT2D eigenvalue weighted by Crippen LogP contribution is -1.92. The molecule has 3 heteroatoms. The van der Waals surface area contributed by atoms with Gasteiger partial charge in [-0.3, -0.25) is 4.79 Å². The van der Waals surface area contributed by atoms with Crippen molar-refractivity contribution in [1.82, 2.24) is 4.98 Å². The summed E-state index contributed by atoms with van der Waals surface area (Å²) in [6, 6.07) is 12.1. The molecule has 0 bridgehead atoms. The van der Waals surface area contributed by atoms with Gasteiger partial charge in [0.2, 0.25) is 0 Å². The molecule has 2 aromatic rings. The molecule has 1 heterocycles. The lowest BCUT2D eigenvalue weighted by Gasteiger charge is -1.98. The lowest BCUT2D eigenvalue weighted by atomic mass is 10.1. The molecule has 0 aliphatic heterocycles. The largest absolute Gasteiger partial charge is 0.481 e. The van der Waals surface area contributed by atoms with Gasteiger partial charge >= 0.3 is 5.97 Å². The predicted octanol–water partition coefficient (Wildman–Crippen LogP) is 3.89. The highest BCUT2D eigenvalue weighted by Gasteiger charge is 1.96. The molecule has 0 aliphatic carbocycles. The molecule has 3 nitrogen and oxygen atoms in total. The summed E-state index contributed by atoms with van der Waals surface area (Å²) in [7, 11) is 0. The predicted molar refractivity (Wildman–Crippen MR) is 76.9 cm³/mol. The second kappa shape index (κ2) is 6.69. The number of carboxylic acids is 1. The highest BCUT2D eigenvalue weighted by molar-refractivity contribution is 5.79. The molecule has 98 valence electrons. The van der Waals surface area contributed by atoms with Gasteiger partial charge in [-0.25, -0.2) is 4.98 Å². The second-order valence-electron chi connectivity index (χ2n) is 4.47. The van der Waals surface area contributed by atoms with E-state index in [1.165, 1.54) is 0 Å². The number of para-hydroxylation sites is 1. The molecule has 0 saturated heterocycles. The second-order valence-corrected chi connectivity index (χ2v) is 4.47. The summed E-state index contributed by atoms with van der Waals surface area (Å²) in [5.41, 5.74) is 1.94. The van der Waals surface area contributed by atoms with Crippen LogP contribution < -0.4 is 0 Å². The molecule has 2 rings (SSSR count). The summed E-state index contributed by atoms with van der Waals surface area (Å²) in [4.78, 5) is 14.9. The van der Waals surface area contributed by atoms with Crippen molar-refractivity contribution in [1.29, 1.82) is 0 Å². The summed E-state index contributed by atoms with van der Waals surface area (Å²) < 4.78 is 0. The van der Waals surface area contributed by atoms with Gasteiger partial charge in [0.15, 0.2) is 0 Å². The average Bonchev–Trinajstić information content (AvgIpc) is 2.42. The third-order valence-electron chi connectivity index (χ3n) is 2.92. The van der Waals surface area contributed by atoms with Gasteiger partial charge in [-0.15, -0.1) is 0 Å². The van der Waals surface area contributed by atoms with Crippen LogP contribution in [0.4, 0.5) is 0 Å². The van der Waals surface area contributed by atoms with Gasteiger partial charge in [0.25, 0.3) is 0 Å². The Morgan fingerprint density at radius 1 is 1.16 bits per heavy atom. The SMILES string of the molecule is O=C(O)CCCCC=Cc1ccc2ccccc2n1. The number of fused-ring (bicyclic) bond motifs is 1. The van der Waals surface area contributed by atoms with Crippen molar-refractivity contribution in [3.8, 4) is 0 Å². The Labute approximate surface area is 112 Å². The monoisotopic (exact) mass is 255 g/mol. The first kappa shape index (κ1) is 13.3. The molecule has 0 fully saturated rings. The molecule has 0 aliphatic rings. The molecule has 0 spiro atoms. The maximum absolute atomic E-state index is 10.3. The van der Waals surface area contributed by atoms with Crippen LogP contribution in [0.25, 0.3) is 17.0 Å². The molecule has 0 atom stereocenters. The number of nitrogens with zero attached hydrogens (tertiary/aromatic N) is 1. The van der Waals surface area contributed by atoms with E-state index in [1.54, 1.807) is 0 Å². The molecule has 19 heavy (non-hydrogen) atoms. The van der Waals surface area contributed by atoms with Gasteiger partial charge in [0.05, 0.1) is 11.2 Å². The van der Waals surface area contributed by atoms with Crippen molar-refractivity contribution in [3.05, 3.63) is 48.2 Å². The van der Waals surface area contributed by atoms with E-state index in [2.05, 4.69) is 17.1 Å². The third-order valence-corrected chi connectivity index (χ3v) is 2.92. The molecule has 0 saturated carbocycles. The van der Waals surface area contributed by atoms with Gasteiger partial charge in [-0.1, -0.05) is 30.3 Å². The third kappa shape index (κ3) is 4.21. The molecule has 1 N–H and O–H groups in total. The van der Waals surface area contributed by atoms with Crippen molar-refractivity contribution in [2.75, 3.05) is 0 Å². The fourth-order valence-corrected chi connectivity index (χ4v) is 1.92. The van der Waals surface area contributed by atoms with Gasteiger partial charge in [0.1, 0.15) is 0 Å². The summed E-state index contributed by atoms with van der Waals surface area (Å²) >= 11 is 0. The number of aliphatic carboxylic acids is 1. The summed E-state index contributed by atoms with van der Waals surface area (Å²) in [5, 5.41) is 9.66. The Morgan fingerprint density at radius 3 is 2.84 bits per heavy atom. The number of benzene rings is 1. The summed E-state index contributed by atoms with van der Waals surface area (Å²) in [6.07, 6.45) is 6.82. The van der Waals surface area contributed by atoms with Gasteiger partial charge in [0, 0.05) is 11.8 Å². The van der Waals surface area contributed by atoms with E-state index in [-0.39, 0.29) is 6.42 Å². The number of unbranched alkanes of at least 4 members (excludes halogenated alkanes) is 2. The molecular weight excluding hydrogens is 238 g/mol. The fraction of sp³-hybridized carbons (Fsp3) is 0.250. The minimum Gasteiger partial charge on any atom is -0.481 e. The first-order valence-electron chi connectivity index (χ1n) is 6.50. The topological polar surface area (TPSA) is 50.2 Å². The van der Waals surface area contributed by atoms with Gasteiger partial charge in [-0.2, -0.15) is 0 Å². The van der Waals surface area contributed by atoms with Crippen LogP contribution >= 0.6 is 0 Å². The number of hydrogen-bond acceptors (Lipinski definition) is 2. The van der Waals surface area contributed by atoms with Crippen molar-refractivity contribution < 1.29 is 9.90 Å². The Hall–Kier alpha value is -2.16. The van der Waals surface area contributed by atoms with Gasteiger partial charge < -0.3 is 5.11 Å². The van der Waals surface area contributed by atoms with E-state index >= 15 is 0 Å². The van der Waals surface area contributed by atoms with Crippen LogP contribution in [0, 0.1) is 0 Å². The van der Waals surface area contributed by atoms with Crippen LogP contribution in [0.5, 0.6) is 0 Å². The first-order chi connectivity index (χ1) is 9.25. The number of allylic oxidation sites excluding steroid dienone is 1. The quantitative estimate of drug-likeness (QED) is 0.796. The highest BCUT2D eigenvalue weighted by atomic mass is 16.4. The van der Waals surface area contributed by atoms with Gasteiger partial charge in [-0.05, 0) is 37.5 Å². The number of hydrogen-bond donors (Lipinski definition) is 1. The Kier molecular flexibility index (Phi) is 4.67. The Bertz CT molecular complexity index is 590. The van der Waals surface area contributed by atoms with Crippen molar-refractivity contribution in [3.63, 3.8) is 0 Å². The van der Waals surface area contributed by atoms with Crippen molar-refractivity contribution in [2.24, 2.45) is 0 Å². The van der Waals surface area contributed by atoms with E-state index in [1.807, 2.05) is 36.4 Å². The van der Waals surface area contributed by atoms with Crippen LogP contribution in [0.1, 0.15) is 31.4 Å². The summed E-state index contributed by atoms with van der Waals surface area (Å²) in [6.45, 7) is 0.